The average molecular weight is 829 g/mol. The Morgan fingerprint density at radius 1 is 1.02 bits per heavy atom. The first kappa shape index (κ1) is 48.5. The third-order valence-corrected chi connectivity index (χ3v) is 13.2. The Kier molecular flexibility index (Phi) is 18.6. The van der Waals surface area contributed by atoms with Crippen molar-refractivity contribution in [2.24, 2.45) is 34.7 Å². The number of ether oxygens (including phenoxy) is 5. The Hall–Kier alpha value is -3.13. The van der Waals surface area contributed by atoms with E-state index in [1.165, 1.54) is 4.90 Å². The van der Waals surface area contributed by atoms with Crippen LogP contribution in [-0.4, -0.2) is 109 Å². The van der Waals surface area contributed by atoms with Gasteiger partial charge in [-0.2, -0.15) is 0 Å². The molecule has 13 atom stereocenters. The Bertz CT molecular complexity index is 1560. The molecule has 0 radical (unpaired) electrons. The summed E-state index contributed by atoms with van der Waals surface area (Å²) < 4.78 is 30.6. The second-order valence-corrected chi connectivity index (χ2v) is 17.9. The van der Waals surface area contributed by atoms with Gasteiger partial charge in [-0.3, -0.25) is 14.4 Å². The van der Waals surface area contributed by atoms with E-state index in [4.69, 9.17) is 23.7 Å². The third-order valence-electron chi connectivity index (χ3n) is 13.2. The van der Waals surface area contributed by atoms with Crippen LogP contribution in [0.15, 0.2) is 28.4 Å². The second kappa shape index (κ2) is 22.6. The van der Waals surface area contributed by atoms with Crippen molar-refractivity contribution < 1.29 is 48.0 Å². The van der Waals surface area contributed by atoms with Gasteiger partial charge in [0.1, 0.15) is 24.0 Å². The summed E-state index contributed by atoms with van der Waals surface area (Å²) in [5.74, 6) is -6.27. The van der Waals surface area contributed by atoms with Gasteiger partial charge in [0.25, 0.3) is 11.7 Å². The zero-order chi connectivity index (χ0) is 43.4. The molecule has 332 valence electrons. The number of hydrogen-bond donors (Lipinski definition) is 1. The molecule has 2 saturated heterocycles. The van der Waals surface area contributed by atoms with E-state index < -0.39 is 59.8 Å². The first-order valence-electron chi connectivity index (χ1n) is 22.2. The van der Waals surface area contributed by atoms with Crippen LogP contribution in [0, 0.1) is 29.6 Å². The standard InChI is InChI=1S/C45H72N4O10/c1-10-20-57-37-26-32(16-17-34(37)47-48-46)24-30(6)40-29(5)15-18-36(50)33(11-2)22-27(3)21-28(4)23-38(55-8)41-39(56-9)25-31(7)45(54,59-41)42(51)43(52)49-19-13-12-14-35(49)44(53)58-40/h22,24,28-29,31-35,37-41,54H,10-21,23,25-26H2,1-9H3. The van der Waals surface area contributed by atoms with Crippen molar-refractivity contribution in [2.45, 2.75) is 180 Å². The average Bonchev–Trinajstić information content (AvgIpc) is 3.22. The van der Waals surface area contributed by atoms with E-state index in [-0.39, 0.29) is 61.0 Å². The number of hydrogen-bond acceptors (Lipinski definition) is 11. The van der Waals surface area contributed by atoms with E-state index in [2.05, 4.69) is 29.1 Å². The molecule has 0 aromatic heterocycles. The number of carbonyl (C=O) groups excluding carboxylic acids is 4. The number of piperidine rings is 1. The number of azide groups is 1. The summed E-state index contributed by atoms with van der Waals surface area (Å²) in [6.07, 6.45) is 8.53. The van der Waals surface area contributed by atoms with Gasteiger partial charge in [0, 0.05) is 50.5 Å². The summed E-state index contributed by atoms with van der Waals surface area (Å²) in [6.45, 7) is 14.4. The van der Waals surface area contributed by atoms with Gasteiger partial charge in [0.2, 0.25) is 5.79 Å². The van der Waals surface area contributed by atoms with Crippen molar-refractivity contribution in [3.05, 3.63) is 33.7 Å². The predicted molar refractivity (Wildman–Crippen MR) is 223 cm³/mol. The van der Waals surface area contributed by atoms with Crippen molar-refractivity contribution in [2.75, 3.05) is 27.4 Å². The number of amides is 1. The number of fused-ring (bicyclic) bond motifs is 3. The number of ketones is 2. The summed E-state index contributed by atoms with van der Waals surface area (Å²) in [4.78, 5) is 61.1. The number of nitrogens with zero attached hydrogens (tertiary/aromatic N) is 4. The normalized spacial score (nSPS) is 37.7. The topological polar surface area (TPSA) is 187 Å². The summed E-state index contributed by atoms with van der Waals surface area (Å²) in [7, 11) is 3.10. The fraction of sp³-hybridized carbons (Fsp3) is 0.822. The van der Waals surface area contributed by atoms with Crippen molar-refractivity contribution in [1.82, 2.24) is 4.90 Å². The Morgan fingerprint density at radius 3 is 2.39 bits per heavy atom. The van der Waals surface area contributed by atoms with Crippen LogP contribution >= 0.6 is 0 Å². The molecule has 3 fully saturated rings. The lowest BCUT2D eigenvalue weighted by atomic mass is 9.81. The lowest BCUT2D eigenvalue weighted by Crippen LogP contribution is -2.64. The first-order chi connectivity index (χ1) is 28.1. The highest BCUT2D eigenvalue weighted by Gasteiger charge is 2.56. The van der Waals surface area contributed by atoms with Crippen molar-refractivity contribution in [3.8, 4) is 0 Å². The van der Waals surface area contributed by atoms with E-state index in [0.29, 0.717) is 64.4 Å². The molecule has 4 rings (SSSR count). The van der Waals surface area contributed by atoms with Gasteiger partial charge in [-0.1, -0.05) is 57.5 Å². The third kappa shape index (κ3) is 12.3. The molecule has 1 aliphatic carbocycles. The van der Waals surface area contributed by atoms with E-state index in [9.17, 15) is 29.8 Å². The SMILES string of the molecule is CCCOC1CC(C=C(C)C2OC(=O)C3CCCCN3C(=O)C(=O)C3(O)OC(C(OC)CC(C)CC(C)=CC(CC)C(=O)CCC2C)C(OC)CC3C)CCC1N=[N+]=[N-]. The van der Waals surface area contributed by atoms with E-state index in [1.807, 2.05) is 34.6 Å². The number of Topliss-reactive ketones (excluding diaryl/α,β-unsaturated/α-hetero) is 2. The number of cyclic esters (lactones) is 1. The summed E-state index contributed by atoms with van der Waals surface area (Å²) in [6, 6.07) is -1.31. The van der Waals surface area contributed by atoms with Gasteiger partial charge in [0.15, 0.2) is 0 Å². The quantitative estimate of drug-likeness (QED) is 0.0606. The lowest BCUT2D eigenvalue weighted by molar-refractivity contribution is -0.302. The minimum atomic E-state index is -2.47. The highest BCUT2D eigenvalue weighted by atomic mass is 16.7. The number of aliphatic hydroxyl groups is 1. The van der Waals surface area contributed by atoms with Crippen molar-refractivity contribution >= 4 is 23.4 Å². The van der Waals surface area contributed by atoms with Crippen LogP contribution in [0.1, 0.15) is 132 Å². The van der Waals surface area contributed by atoms with Crippen molar-refractivity contribution in [3.63, 3.8) is 0 Å². The molecule has 14 heteroatoms. The molecule has 4 aliphatic rings. The minimum absolute atomic E-state index is 0.0718. The molecule has 3 aliphatic heterocycles. The second-order valence-electron chi connectivity index (χ2n) is 17.9. The fourth-order valence-electron chi connectivity index (χ4n) is 9.79. The zero-order valence-electron chi connectivity index (χ0n) is 37.1. The Morgan fingerprint density at radius 2 is 1.73 bits per heavy atom. The highest BCUT2D eigenvalue weighted by Crippen LogP contribution is 2.39. The van der Waals surface area contributed by atoms with Gasteiger partial charge in [0.05, 0.1) is 24.4 Å². The minimum Gasteiger partial charge on any atom is -0.456 e. The molecule has 14 nitrogen and oxygen atoms in total. The van der Waals surface area contributed by atoms with Crippen LogP contribution in [0.5, 0.6) is 0 Å². The van der Waals surface area contributed by atoms with E-state index in [1.54, 1.807) is 21.1 Å². The summed E-state index contributed by atoms with van der Waals surface area (Å²) in [5, 5.41) is 16.1. The molecule has 0 aromatic carbocycles. The van der Waals surface area contributed by atoms with Gasteiger partial charge in [-0.25, -0.2) is 4.79 Å². The van der Waals surface area contributed by atoms with Gasteiger partial charge < -0.3 is 33.7 Å². The number of esters is 1. The van der Waals surface area contributed by atoms with Crippen LogP contribution in [0.25, 0.3) is 10.4 Å². The van der Waals surface area contributed by atoms with Crippen LogP contribution < -0.4 is 0 Å². The summed E-state index contributed by atoms with van der Waals surface area (Å²) in [5.41, 5.74) is 11.1. The number of allylic oxidation sites excluding steroid dienone is 3. The van der Waals surface area contributed by atoms with Crippen LogP contribution in [0.4, 0.5) is 0 Å². The zero-order valence-corrected chi connectivity index (χ0v) is 37.1. The van der Waals surface area contributed by atoms with Gasteiger partial charge in [-0.05, 0) is 120 Å². The highest BCUT2D eigenvalue weighted by molar-refractivity contribution is 6.39. The van der Waals surface area contributed by atoms with Crippen LogP contribution in [0.3, 0.4) is 0 Å². The molecule has 1 N–H and O–H groups in total. The molecule has 13 unspecified atom stereocenters. The molecular formula is C45H72N4O10. The molecule has 1 amide bonds. The predicted octanol–water partition coefficient (Wildman–Crippen LogP) is 7.60. The Balaban J connectivity index is 1.73. The fourth-order valence-corrected chi connectivity index (χ4v) is 9.79. The molecule has 1 saturated carbocycles. The van der Waals surface area contributed by atoms with Crippen LogP contribution in [0.2, 0.25) is 0 Å². The summed E-state index contributed by atoms with van der Waals surface area (Å²) >= 11 is 0. The molecular weight excluding hydrogens is 757 g/mol. The maximum Gasteiger partial charge on any atom is 0.329 e. The number of rotatable bonds is 9. The molecule has 3 heterocycles. The lowest BCUT2D eigenvalue weighted by Gasteiger charge is -2.47. The van der Waals surface area contributed by atoms with E-state index >= 15 is 0 Å². The molecule has 2 bridgehead atoms. The molecule has 0 spiro atoms. The van der Waals surface area contributed by atoms with Gasteiger partial charge >= 0.3 is 5.97 Å². The maximum atomic E-state index is 14.4. The first-order valence-corrected chi connectivity index (χ1v) is 22.2. The smallest absolute Gasteiger partial charge is 0.329 e. The van der Waals surface area contributed by atoms with Gasteiger partial charge in [-0.15, -0.1) is 0 Å². The maximum absolute atomic E-state index is 14.4. The molecule has 0 aromatic rings. The van der Waals surface area contributed by atoms with E-state index in [0.717, 1.165) is 24.0 Å². The monoisotopic (exact) mass is 829 g/mol. The number of carbonyl (C=O) groups is 4. The molecule has 59 heavy (non-hydrogen) atoms. The number of methoxy groups -OCH3 is 2. The largest absolute Gasteiger partial charge is 0.456 e. The van der Waals surface area contributed by atoms with Crippen LogP contribution in [-0.2, 0) is 42.9 Å². The Labute approximate surface area is 351 Å². The van der Waals surface area contributed by atoms with Crippen molar-refractivity contribution in [1.29, 1.82) is 0 Å².